The van der Waals surface area contributed by atoms with Crippen molar-refractivity contribution in [1.82, 2.24) is 10.2 Å². The van der Waals surface area contributed by atoms with Gasteiger partial charge in [-0.25, -0.2) is 8.42 Å². The molecule has 0 atom stereocenters. The van der Waals surface area contributed by atoms with Gasteiger partial charge in [0.05, 0.1) is 11.4 Å². The van der Waals surface area contributed by atoms with E-state index in [1.807, 2.05) is 12.1 Å². The minimum absolute atomic E-state index is 0.215. The number of aromatic nitrogens is 2. The van der Waals surface area contributed by atoms with Gasteiger partial charge in [-0.2, -0.15) is 5.10 Å². The van der Waals surface area contributed by atoms with E-state index in [2.05, 4.69) is 20.2 Å². The van der Waals surface area contributed by atoms with Gasteiger partial charge in [0.1, 0.15) is 4.90 Å². The summed E-state index contributed by atoms with van der Waals surface area (Å²) in [7, 11) is -3.64. The third-order valence-corrected chi connectivity index (χ3v) is 6.09. The van der Waals surface area contributed by atoms with E-state index in [4.69, 9.17) is 0 Å². The topological polar surface area (TPSA) is 86.9 Å². The molecule has 1 heterocycles. The van der Waals surface area contributed by atoms with Gasteiger partial charge in [0.25, 0.3) is 10.0 Å². The largest absolute Gasteiger partial charge is 0.382 e. The van der Waals surface area contributed by atoms with E-state index < -0.39 is 10.0 Å². The lowest BCUT2D eigenvalue weighted by Gasteiger charge is -2.24. The molecule has 1 fully saturated rings. The number of nitrogens with zero attached hydrogens (tertiary/aromatic N) is 1. The molecule has 2 aromatic rings. The summed E-state index contributed by atoms with van der Waals surface area (Å²) in [5, 5.41) is 10.2. The van der Waals surface area contributed by atoms with Gasteiger partial charge in [0.15, 0.2) is 0 Å². The van der Waals surface area contributed by atoms with Gasteiger partial charge < -0.3 is 5.32 Å². The van der Waals surface area contributed by atoms with Crippen molar-refractivity contribution in [2.24, 2.45) is 0 Å². The third kappa shape index (κ3) is 3.72. The second-order valence-electron chi connectivity index (χ2n) is 6.43. The first kappa shape index (κ1) is 16.8. The van der Waals surface area contributed by atoms with Crippen LogP contribution >= 0.6 is 0 Å². The Morgan fingerprint density at radius 3 is 2.25 bits per heavy atom. The SMILES string of the molecule is Cc1n[nH]c(C)c1S(=O)(=O)Nc1ccc(NC2CCCCC2)cc1. The predicted octanol–water partition coefficient (Wildman–Crippen LogP) is 3.57. The van der Waals surface area contributed by atoms with Crippen LogP contribution in [0.4, 0.5) is 11.4 Å². The van der Waals surface area contributed by atoms with E-state index >= 15 is 0 Å². The van der Waals surface area contributed by atoms with Crippen LogP contribution in [0.3, 0.4) is 0 Å². The molecule has 0 saturated heterocycles. The average Bonchev–Trinajstić information content (AvgIpc) is 2.90. The van der Waals surface area contributed by atoms with Gasteiger partial charge in [-0.05, 0) is 51.0 Å². The van der Waals surface area contributed by atoms with Gasteiger partial charge in [-0.1, -0.05) is 19.3 Å². The van der Waals surface area contributed by atoms with Crippen molar-refractivity contribution in [2.45, 2.75) is 56.9 Å². The zero-order valence-corrected chi connectivity index (χ0v) is 14.9. The van der Waals surface area contributed by atoms with Crippen LogP contribution in [0.5, 0.6) is 0 Å². The van der Waals surface area contributed by atoms with Crippen molar-refractivity contribution in [1.29, 1.82) is 0 Å². The lowest BCUT2D eigenvalue weighted by Crippen LogP contribution is -2.22. The van der Waals surface area contributed by atoms with E-state index in [0.29, 0.717) is 23.1 Å². The molecule has 6 nitrogen and oxygen atoms in total. The summed E-state index contributed by atoms with van der Waals surface area (Å²) >= 11 is 0. The molecule has 1 aliphatic rings. The zero-order valence-electron chi connectivity index (χ0n) is 14.1. The van der Waals surface area contributed by atoms with E-state index in [0.717, 1.165) is 5.69 Å². The second-order valence-corrected chi connectivity index (χ2v) is 8.04. The predicted molar refractivity (Wildman–Crippen MR) is 95.8 cm³/mol. The lowest BCUT2D eigenvalue weighted by atomic mass is 9.95. The van der Waals surface area contributed by atoms with Crippen LogP contribution < -0.4 is 10.0 Å². The van der Waals surface area contributed by atoms with Gasteiger partial charge >= 0.3 is 0 Å². The minimum Gasteiger partial charge on any atom is -0.382 e. The van der Waals surface area contributed by atoms with E-state index in [-0.39, 0.29) is 4.90 Å². The Hall–Kier alpha value is -2.02. The summed E-state index contributed by atoms with van der Waals surface area (Å²) in [4.78, 5) is 0.215. The fourth-order valence-corrected chi connectivity index (χ4v) is 4.69. The monoisotopic (exact) mass is 348 g/mol. The maximum atomic E-state index is 12.5. The Kier molecular flexibility index (Phi) is 4.80. The van der Waals surface area contributed by atoms with Crippen LogP contribution in [-0.4, -0.2) is 24.7 Å². The van der Waals surface area contributed by atoms with Gasteiger partial charge in [-0.15, -0.1) is 0 Å². The molecule has 1 aliphatic carbocycles. The Labute approximate surface area is 143 Å². The molecule has 0 unspecified atom stereocenters. The van der Waals surface area contributed by atoms with Gasteiger partial charge in [0, 0.05) is 17.4 Å². The van der Waals surface area contributed by atoms with Crippen molar-refractivity contribution in [3.63, 3.8) is 0 Å². The Morgan fingerprint density at radius 1 is 1.04 bits per heavy atom. The molecule has 0 radical (unpaired) electrons. The first-order chi connectivity index (χ1) is 11.5. The molecule has 0 amide bonds. The molecule has 1 aromatic heterocycles. The fourth-order valence-electron chi connectivity index (χ4n) is 3.26. The van der Waals surface area contributed by atoms with Crippen LogP contribution in [0.15, 0.2) is 29.2 Å². The summed E-state index contributed by atoms with van der Waals surface area (Å²) in [6.07, 6.45) is 6.28. The van der Waals surface area contributed by atoms with Crippen LogP contribution in [0.25, 0.3) is 0 Å². The number of rotatable bonds is 5. The summed E-state index contributed by atoms with van der Waals surface area (Å²) in [5.41, 5.74) is 2.58. The molecule has 0 bridgehead atoms. The Bertz CT molecular complexity index is 771. The minimum atomic E-state index is -3.64. The molecule has 7 heteroatoms. The van der Waals surface area contributed by atoms with E-state index in [1.165, 1.54) is 32.1 Å². The number of anilines is 2. The molecular formula is C17H24N4O2S. The van der Waals surface area contributed by atoms with Crippen molar-refractivity contribution in [3.8, 4) is 0 Å². The number of hydrogen-bond donors (Lipinski definition) is 3. The highest BCUT2D eigenvalue weighted by atomic mass is 32.2. The Balaban J connectivity index is 1.69. The van der Waals surface area contributed by atoms with Crippen LogP contribution in [-0.2, 0) is 10.0 Å². The van der Waals surface area contributed by atoms with Crippen LogP contribution in [0.2, 0.25) is 0 Å². The van der Waals surface area contributed by atoms with Crippen molar-refractivity contribution in [2.75, 3.05) is 10.0 Å². The molecule has 3 N–H and O–H groups in total. The fraction of sp³-hybridized carbons (Fsp3) is 0.471. The average molecular weight is 348 g/mol. The highest BCUT2D eigenvalue weighted by Gasteiger charge is 2.22. The zero-order chi connectivity index (χ0) is 17.2. The Morgan fingerprint density at radius 2 is 1.67 bits per heavy atom. The maximum Gasteiger partial charge on any atom is 0.265 e. The molecule has 24 heavy (non-hydrogen) atoms. The smallest absolute Gasteiger partial charge is 0.265 e. The van der Waals surface area contributed by atoms with E-state index in [1.54, 1.807) is 26.0 Å². The summed E-state index contributed by atoms with van der Waals surface area (Å²) in [6.45, 7) is 3.38. The van der Waals surface area contributed by atoms with Crippen LogP contribution in [0, 0.1) is 13.8 Å². The van der Waals surface area contributed by atoms with Crippen molar-refractivity contribution in [3.05, 3.63) is 35.7 Å². The second kappa shape index (κ2) is 6.84. The first-order valence-corrected chi connectivity index (χ1v) is 9.85. The summed E-state index contributed by atoms with van der Waals surface area (Å²) in [5.74, 6) is 0. The van der Waals surface area contributed by atoms with E-state index in [9.17, 15) is 8.42 Å². The number of benzene rings is 1. The molecule has 3 rings (SSSR count). The normalized spacial score (nSPS) is 16.1. The molecule has 1 saturated carbocycles. The number of H-pyrrole nitrogens is 1. The lowest BCUT2D eigenvalue weighted by molar-refractivity contribution is 0.463. The van der Waals surface area contributed by atoms with Crippen LogP contribution in [0.1, 0.15) is 43.5 Å². The number of sulfonamides is 1. The molecule has 130 valence electrons. The highest BCUT2D eigenvalue weighted by molar-refractivity contribution is 7.92. The number of aromatic amines is 1. The number of nitrogens with one attached hydrogen (secondary N) is 3. The molecular weight excluding hydrogens is 324 g/mol. The number of aryl methyl sites for hydroxylation is 2. The van der Waals surface area contributed by atoms with Gasteiger partial charge in [-0.3, -0.25) is 9.82 Å². The highest BCUT2D eigenvalue weighted by Crippen LogP contribution is 2.24. The quantitative estimate of drug-likeness (QED) is 0.771. The molecule has 1 aromatic carbocycles. The maximum absolute atomic E-state index is 12.5. The van der Waals surface area contributed by atoms with Crippen molar-refractivity contribution >= 4 is 21.4 Å². The summed E-state index contributed by atoms with van der Waals surface area (Å²) in [6, 6.07) is 7.93. The standard InChI is InChI=1S/C17H24N4O2S/c1-12-17(13(2)20-19-12)24(22,23)21-16-10-8-15(9-11-16)18-14-6-4-3-5-7-14/h8-11,14,18,21H,3-7H2,1-2H3,(H,19,20). The van der Waals surface area contributed by atoms with Crippen molar-refractivity contribution < 1.29 is 8.42 Å². The summed E-state index contributed by atoms with van der Waals surface area (Å²) < 4.78 is 27.7. The first-order valence-electron chi connectivity index (χ1n) is 8.37. The molecule has 0 spiro atoms. The number of hydrogen-bond acceptors (Lipinski definition) is 4. The van der Waals surface area contributed by atoms with Gasteiger partial charge in [0.2, 0.25) is 0 Å². The third-order valence-electron chi connectivity index (χ3n) is 4.44. The molecule has 0 aliphatic heterocycles.